The molecule has 5 heteroatoms. The van der Waals surface area contributed by atoms with E-state index in [1.165, 1.54) is 18.5 Å². The number of carboxylic acid groups (broad SMARTS) is 1. The zero-order valence-corrected chi connectivity index (χ0v) is 8.18. The monoisotopic (exact) mass is 216 g/mol. The lowest BCUT2D eigenvalue weighted by molar-refractivity contribution is 0.0691. The Balaban J connectivity index is 2.31. The van der Waals surface area contributed by atoms with E-state index in [4.69, 9.17) is 5.11 Å². The lowest BCUT2D eigenvalue weighted by atomic mass is 10.1. The summed E-state index contributed by atoms with van der Waals surface area (Å²) in [6.45, 7) is 0. The van der Waals surface area contributed by atoms with Crippen LogP contribution in [-0.2, 0) is 0 Å². The predicted molar refractivity (Wildman–Crippen MR) is 55.4 cm³/mol. The SMILES string of the molecule is O=C(c1cccnc1)c1c[nH]c(C(=O)O)c1. The van der Waals surface area contributed by atoms with E-state index in [1.54, 1.807) is 18.3 Å². The Morgan fingerprint density at radius 3 is 2.69 bits per heavy atom. The molecule has 0 aliphatic rings. The van der Waals surface area contributed by atoms with Gasteiger partial charge in [-0.15, -0.1) is 0 Å². The molecule has 0 amide bonds. The summed E-state index contributed by atoms with van der Waals surface area (Å²) in [4.78, 5) is 28.8. The third-order valence-electron chi connectivity index (χ3n) is 2.10. The first-order valence-electron chi connectivity index (χ1n) is 4.55. The molecule has 0 aliphatic heterocycles. The van der Waals surface area contributed by atoms with Crippen LogP contribution in [0.2, 0.25) is 0 Å². The third kappa shape index (κ3) is 1.83. The van der Waals surface area contributed by atoms with E-state index in [0.29, 0.717) is 11.1 Å². The largest absolute Gasteiger partial charge is 0.477 e. The summed E-state index contributed by atoms with van der Waals surface area (Å²) in [5.74, 6) is -1.35. The highest BCUT2D eigenvalue weighted by molar-refractivity contribution is 6.09. The van der Waals surface area contributed by atoms with E-state index >= 15 is 0 Å². The van der Waals surface area contributed by atoms with E-state index in [9.17, 15) is 9.59 Å². The maximum absolute atomic E-state index is 11.8. The molecular weight excluding hydrogens is 208 g/mol. The Hall–Kier alpha value is -2.43. The van der Waals surface area contributed by atoms with Gasteiger partial charge < -0.3 is 10.1 Å². The number of carboxylic acids is 1. The molecule has 2 aromatic heterocycles. The summed E-state index contributed by atoms with van der Waals surface area (Å²) in [5, 5.41) is 8.70. The molecule has 2 N–H and O–H groups in total. The molecule has 2 rings (SSSR count). The fourth-order valence-corrected chi connectivity index (χ4v) is 1.31. The van der Waals surface area contributed by atoms with Crippen molar-refractivity contribution < 1.29 is 14.7 Å². The predicted octanol–water partition coefficient (Wildman–Crippen LogP) is 1.34. The van der Waals surface area contributed by atoms with Crippen molar-refractivity contribution in [3.05, 3.63) is 53.6 Å². The molecular formula is C11H8N2O3. The molecule has 0 saturated carbocycles. The first-order chi connectivity index (χ1) is 7.68. The number of ketones is 1. The smallest absolute Gasteiger partial charge is 0.352 e. The van der Waals surface area contributed by atoms with Crippen LogP contribution in [0.15, 0.2) is 36.8 Å². The summed E-state index contributed by atoms with van der Waals surface area (Å²) in [7, 11) is 0. The fourth-order valence-electron chi connectivity index (χ4n) is 1.31. The molecule has 2 aromatic rings. The van der Waals surface area contributed by atoms with Crippen LogP contribution in [0.1, 0.15) is 26.4 Å². The number of pyridine rings is 1. The Morgan fingerprint density at radius 2 is 2.12 bits per heavy atom. The van der Waals surface area contributed by atoms with Crippen LogP contribution in [0.25, 0.3) is 0 Å². The van der Waals surface area contributed by atoms with E-state index in [0.717, 1.165) is 0 Å². The van der Waals surface area contributed by atoms with Gasteiger partial charge in [-0.3, -0.25) is 9.78 Å². The topological polar surface area (TPSA) is 83.0 Å². The van der Waals surface area contributed by atoms with Crippen LogP contribution in [0.4, 0.5) is 0 Å². The Labute approximate surface area is 90.8 Å². The molecule has 80 valence electrons. The number of nitrogens with zero attached hydrogens (tertiary/aromatic N) is 1. The highest BCUT2D eigenvalue weighted by Gasteiger charge is 2.13. The average molecular weight is 216 g/mol. The number of nitrogens with one attached hydrogen (secondary N) is 1. The molecule has 2 heterocycles. The normalized spacial score (nSPS) is 10.0. The second kappa shape index (κ2) is 3.98. The maximum atomic E-state index is 11.8. The van der Waals surface area contributed by atoms with Crippen LogP contribution in [0.5, 0.6) is 0 Å². The molecule has 0 aliphatic carbocycles. The van der Waals surface area contributed by atoms with Crippen LogP contribution >= 0.6 is 0 Å². The van der Waals surface area contributed by atoms with Crippen LogP contribution in [0.3, 0.4) is 0 Å². The number of carbonyl (C=O) groups excluding carboxylic acids is 1. The highest BCUT2D eigenvalue weighted by Crippen LogP contribution is 2.10. The van der Waals surface area contributed by atoms with Gasteiger partial charge in [0.25, 0.3) is 0 Å². The summed E-state index contributed by atoms with van der Waals surface area (Å²) in [6.07, 6.45) is 4.38. The van der Waals surface area contributed by atoms with Crippen LogP contribution in [-0.4, -0.2) is 26.8 Å². The lowest BCUT2D eigenvalue weighted by Crippen LogP contribution is -2.00. The number of rotatable bonds is 3. The molecule has 0 saturated heterocycles. The molecule has 0 atom stereocenters. The van der Waals surface area contributed by atoms with Crippen molar-refractivity contribution in [3.63, 3.8) is 0 Å². The molecule has 0 unspecified atom stereocenters. The van der Waals surface area contributed by atoms with Gasteiger partial charge in [-0.1, -0.05) is 0 Å². The Morgan fingerprint density at radius 1 is 1.31 bits per heavy atom. The summed E-state index contributed by atoms with van der Waals surface area (Å²) < 4.78 is 0. The molecule has 0 radical (unpaired) electrons. The van der Waals surface area contributed by atoms with Gasteiger partial charge in [-0.05, 0) is 18.2 Å². The number of hydrogen-bond donors (Lipinski definition) is 2. The minimum atomic E-state index is -1.09. The lowest BCUT2D eigenvalue weighted by Gasteiger charge is -1.95. The van der Waals surface area contributed by atoms with Crippen LogP contribution in [0, 0.1) is 0 Å². The molecule has 0 bridgehead atoms. The summed E-state index contributed by atoms with van der Waals surface area (Å²) >= 11 is 0. The molecule has 0 spiro atoms. The minimum Gasteiger partial charge on any atom is -0.477 e. The fraction of sp³-hybridized carbons (Fsp3) is 0. The van der Waals surface area contributed by atoms with Crippen molar-refractivity contribution >= 4 is 11.8 Å². The van der Waals surface area contributed by atoms with E-state index in [2.05, 4.69) is 9.97 Å². The Bertz CT molecular complexity index is 531. The molecule has 0 aromatic carbocycles. The van der Waals surface area contributed by atoms with Gasteiger partial charge in [0, 0.05) is 29.7 Å². The standard InChI is InChI=1S/C11H8N2O3/c14-10(7-2-1-3-12-5-7)8-4-9(11(15)16)13-6-8/h1-6,13H,(H,15,16). The zero-order valence-electron chi connectivity index (χ0n) is 8.18. The quantitative estimate of drug-likeness (QED) is 0.758. The van der Waals surface area contributed by atoms with Gasteiger partial charge in [0.05, 0.1) is 0 Å². The third-order valence-corrected chi connectivity index (χ3v) is 2.10. The number of hydrogen-bond acceptors (Lipinski definition) is 3. The van der Waals surface area contributed by atoms with Gasteiger partial charge in [0.15, 0.2) is 5.78 Å². The summed E-state index contributed by atoms with van der Waals surface area (Å²) in [5.41, 5.74) is 0.732. The van der Waals surface area contributed by atoms with Crippen molar-refractivity contribution in [2.75, 3.05) is 0 Å². The van der Waals surface area contributed by atoms with Gasteiger partial charge in [0.1, 0.15) is 5.69 Å². The van der Waals surface area contributed by atoms with E-state index in [-0.39, 0.29) is 11.5 Å². The van der Waals surface area contributed by atoms with Gasteiger partial charge >= 0.3 is 5.97 Å². The second-order valence-electron chi connectivity index (χ2n) is 3.18. The molecule has 5 nitrogen and oxygen atoms in total. The average Bonchev–Trinajstić information content (AvgIpc) is 2.78. The first kappa shape index (κ1) is 10.1. The van der Waals surface area contributed by atoms with Crippen molar-refractivity contribution in [2.24, 2.45) is 0 Å². The molecule has 16 heavy (non-hydrogen) atoms. The Kier molecular flexibility index (Phi) is 2.51. The maximum Gasteiger partial charge on any atom is 0.352 e. The van der Waals surface area contributed by atoms with E-state index in [1.807, 2.05) is 0 Å². The van der Waals surface area contributed by atoms with Crippen molar-refractivity contribution in [3.8, 4) is 0 Å². The zero-order chi connectivity index (χ0) is 11.5. The van der Waals surface area contributed by atoms with Gasteiger partial charge in [-0.2, -0.15) is 0 Å². The van der Waals surface area contributed by atoms with E-state index < -0.39 is 5.97 Å². The minimum absolute atomic E-state index is 0.00718. The molecule has 0 fully saturated rings. The van der Waals surface area contributed by atoms with Crippen LogP contribution < -0.4 is 0 Å². The number of aromatic carboxylic acids is 1. The first-order valence-corrected chi connectivity index (χ1v) is 4.55. The second-order valence-corrected chi connectivity index (χ2v) is 3.18. The van der Waals surface area contributed by atoms with Gasteiger partial charge in [-0.25, -0.2) is 4.79 Å². The van der Waals surface area contributed by atoms with Crippen molar-refractivity contribution in [1.82, 2.24) is 9.97 Å². The number of aromatic nitrogens is 2. The summed E-state index contributed by atoms with van der Waals surface area (Å²) in [6, 6.07) is 4.58. The number of carbonyl (C=O) groups is 2. The highest BCUT2D eigenvalue weighted by atomic mass is 16.4. The number of H-pyrrole nitrogens is 1. The number of aromatic amines is 1. The van der Waals surface area contributed by atoms with Gasteiger partial charge in [0.2, 0.25) is 0 Å². The van der Waals surface area contributed by atoms with Crippen molar-refractivity contribution in [2.45, 2.75) is 0 Å². The van der Waals surface area contributed by atoms with Crippen molar-refractivity contribution in [1.29, 1.82) is 0 Å².